The molecule has 1 aliphatic carbocycles. The van der Waals surface area contributed by atoms with Crippen molar-refractivity contribution in [2.45, 2.75) is 51.5 Å². The number of likely N-dealkylation sites (N-methyl/N-ethyl adjacent to an activating group) is 1. The Labute approximate surface area is 195 Å². The predicted octanol–water partition coefficient (Wildman–Crippen LogP) is 5.18. The molecule has 0 N–H and O–H groups in total. The van der Waals surface area contributed by atoms with Gasteiger partial charge in [-0.2, -0.15) is 0 Å². The molecule has 1 saturated heterocycles. The number of nitrogens with zero attached hydrogens (tertiary/aromatic N) is 2. The predicted molar refractivity (Wildman–Crippen MR) is 131 cm³/mol. The number of hydrogen-bond acceptors (Lipinski definition) is 3. The van der Waals surface area contributed by atoms with E-state index in [0.29, 0.717) is 11.8 Å². The normalized spacial score (nSPS) is 18.5. The zero-order valence-corrected chi connectivity index (χ0v) is 20.0. The van der Waals surface area contributed by atoms with Gasteiger partial charge in [0.05, 0.1) is 0 Å². The van der Waals surface area contributed by atoms with Gasteiger partial charge in [-0.05, 0) is 73.6 Å². The second-order valence-electron chi connectivity index (χ2n) is 9.29. The Balaban J connectivity index is 1.42. The summed E-state index contributed by atoms with van der Waals surface area (Å²) in [6.45, 7) is 3.67. The lowest BCUT2D eigenvalue weighted by Crippen LogP contribution is -2.50. The molecule has 32 heavy (non-hydrogen) atoms. The van der Waals surface area contributed by atoms with Crippen molar-refractivity contribution in [2.24, 2.45) is 11.8 Å². The lowest BCUT2D eigenvalue weighted by Gasteiger charge is -2.42. The molecule has 1 unspecified atom stereocenters. The lowest BCUT2D eigenvalue weighted by molar-refractivity contribution is -0.141. The van der Waals surface area contributed by atoms with E-state index < -0.39 is 0 Å². The third-order valence-electron chi connectivity index (χ3n) is 7.32. The number of piperidine rings is 1. The van der Waals surface area contributed by atoms with Gasteiger partial charge in [-0.15, -0.1) is 11.3 Å². The van der Waals surface area contributed by atoms with E-state index in [1.165, 1.54) is 17.5 Å². The fourth-order valence-electron chi connectivity index (χ4n) is 4.94. The molecular formula is C27H34N2O2S. The summed E-state index contributed by atoms with van der Waals surface area (Å²) >= 11 is 1.64. The first kappa shape index (κ1) is 22.8. The molecule has 5 heteroatoms. The quantitative estimate of drug-likeness (QED) is 0.546. The molecule has 1 saturated carbocycles. The number of thiophene rings is 1. The topological polar surface area (TPSA) is 40.6 Å². The van der Waals surface area contributed by atoms with Crippen LogP contribution >= 0.6 is 11.3 Å². The van der Waals surface area contributed by atoms with E-state index in [2.05, 4.69) is 36.1 Å². The molecule has 0 radical (unpaired) electrons. The maximum absolute atomic E-state index is 13.1. The van der Waals surface area contributed by atoms with Gasteiger partial charge in [-0.1, -0.05) is 36.8 Å². The molecule has 1 aliphatic heterocycles. The van der Waals surface area contributed by atoms with Crippen molar-refractivity contribution in [3.8, 4) is 0 Å². The highest BCUT2D eigenvalue weighted by molar-refractivity contribution is 7.10. The molecule has 2 aromatic rings. The molecule has 2 aliphatic rings. The number of carbonyl (C=O) groups excluding carboxylic acids is 2. The van der Waals surface area contributed by atoms with Crippen LogP contribution in [0.4, 0.5) is 0 Å². The fraction of sp³-hybridized carbons (Fsp3) is 0.481. The third kappa shape index (κ3) is 5.32. The number of likely N-dealkylation sites (tertiary alicyclic amines) is 1. The van der Waals surface area contributed by atoms with Crippen LogP contribution in [0.5, 0.6) is 0 Å². The van der Waals surface area contributed by atoms with Gasteiger partial charge in [-0.25, -0.2) is 0 Å². The summed E-state index contributed by atoms with van der Waals surface area (Å²) in [6, 6.07) is 12.7. The van der Waals surface area contributed by atoms with Crippen LogP contribution in [0.15, 0.2) is 47.9 Å². The molecule has 1 atom stereocenters. The minimum Gasteiger partial charge on any atom is -0.342 e. The van der Waals surface area contributed by atoms with E-state index in [0.717, 1.165) is 50.1 Å². The first-order chi connectivity index (χ1) is 15.5. The van der Waals surface area contributed by atoms with Crippen molar-refractivity contribution in [2.75, 3.05) is 20.1 Å². The van der Waals surface area contributed by atoms with Crippen LogP contribution in [0.1, 0.15) is 48.1 Å². The van der Waals surface area contributed by atoms with Crippen LogP contribution in [-0.4, -0.2) is 47.8 Å². The number of carbonyl (C=O) groups is 2. The Hall–Kier alpha value is -2.40. The van der Waals surface area contributed by atoms with E-state index >= 15 is 0 Å². The minimum atomic E-state index is 0.0891. The molecule has 4 rings (SSSR count). The molecule has 0 spiro atoms. The van der Waals surface area contributed by atoms with Crippen molar-refractivity contribution >= 4 is 29.2 Å². The summed E-state index contributed by atoms with van der Waals surface area (Å²) in [5, 5.41) is 2.02. The monoisotopic (exact) mass is 450 g/mol. The summed E-state index contributed by atoms with van der Waals surface area (Å²) in [7, 11) is 2.00. The van der Waals surface area contributed by atoms with Gasteiger partial charge < -0.3 is 9.80 Å². The number of hydrogen-bond donors (Lipinski definition) is 0. The van der Waals surface area contributed by atoms with E-state index in [1.54, 1.807) is 17.4 Å². The summed E-state index contributed by atoms with van der Waals surface area (Å²) in [5.41, 5.74) is 2.61. The van der Waals surface area contributed by atoms with Crippen molar-refractivity contribution in [3.05, 3.63) is 63.9 Å². The van der Waals surface area contributed by atoms with Crippen molar-refractivity contribution in [3.63, 3.8) is 0 Å². The summed E-state index contributed by atoms with van der Waals surface area (Å²) in [6.07, 6.45) is 9.61. The SMILES string of the molecule is Cc1ccccc1CC(C1CCN(C(=O)/C=C/c2cccs2)CC1)N(C)C(=O)C1CCC1. The highest BCUT2D eigenvalue weighted by Gasteiger charge is 2.36. The van der Waals surface area contributed by atoms with Crippen LogP contribution in [0.2, 0.25) is 0 Å². The number of aryl methyl sites for hydroxylation is 1. The average molecular weight is 451 g/mol. The fourth-order valence-corrected chi connectivity index (χ4v) is 5.56. The average Bonchev–Trinajstić information content (AvgIpc) is 3.29. The van der Waals surface area contributed by atoms with Gasteiger partial charge in [0.15, 0.2) is 0 Å². The van der Waals surface area contributed by atoms with Crippen LogP contribution in [0.25, 0.3) is 6.08 Å². The summed E-state index contributed by atoms with van der Waals surface area (Å²) < 4.78 is 0. The number of benzene rings is 1. The van der Waals surface area contributed by atoms with Crippen LogP contribution in [-0.2, 0) is 16.0 Å². The van der Waals surface area contributed by atoms with Gasteiger partial charge in [0.2, 0.25) is 11.8 Å². The first-order valence-electron chi connectivity index (χ1n) is 11.8. The molecular weight excluding hydrogens is 416 g/mol. The zero-order chi connectivity index (χ0) is 22.5. The lowest BCUT2D eigenvalue weighted by atomic mass is 9.81. The molecule has 0 bridgehead atoms. The minimum absolute atomic E-state index is 0.0891. The Morgan fingerprint density at radius 1 is 1.12 bits per heavy atom. The van der Waals surface area contributed by atoms with Crippen LogP contribution in [0, 0.1) is 18.8 Å². The van der Waals surface area contributed by atoms with E-state index in [4.69, 9.17) is 0 Å². The van der Waals surface area contributed by atoms with Crippen molar-refractivity contribution < 1.29 is 9.59 Å². The molecule has 2 amide bonds. The molecule has 1 aromatic heterocycles. The Morgan fingerprint density at radius 3 is 2.50 bits per heavy atom. The van der Waals surface area contributed by atoms with Gasteiger partial charge in [0, 0.05) is 43.1 Å². The van der Waals surface area contributed by atoms with Gasteiger partial charge in [-0.3, -0.25) is 9.59 Å². The zero-order valence-electron chi connectivity index (χ0n) is 19.2. The Bertz CT molecular complexity index is 940. The second-order valence-corrected chi connectivity index (χ2v) is 10.3. The number of amides is 2. The van der Waals surface area contributed by atoms with Crippen molar-refractivity contribution in [1.82, 2.24) is 9.80 Å². The highest BCUT2D eigenvalue weighted by atomic mass is 32.1. The van der Waals surface area contributed by atoms with Gasteiger partial charge in [0.25, 0.3) is 0 Å². The van der Waals surface area contributed by atoms with Crippen LogP contribution < -0.4 is 0 Å². The molecule has 170 valence electrons. The molecule has 4 nitrogen and oxygen atoms in total. The third-order valence-corrected chi connectivity index (χ3v) is 8.16. The standard InChI is InChI=1S/C27H34N2O2S/c1-20-7-3-4-8-23(20)19-25(28(2)27(31)22-9-5-10-22)21-14-16-29(17-15-21)26(30)13-12-24-11-6-18-32-24/h3-4,6-8,11-13,18,21-22,25H,5,9-10,14-17,19H2,1-2H3/b13-12+. The smallest absolute Gasteiger partial charge is 0.246 e. The highest BCUT2D eigenvalue weighted by Crippen LogP contribution is 2.32. The molecule has 1 aromatic carbocycles. The van der Waals surface area contributed by atoms with E-state index in [-0.39, 0.29) is 17.9 Å². The Kier molecular flexibility index (Phi) is 7.46. The summed E-state index contributed by atoms with van der Waals surface area (Å²) in [4.78, 5) is 30.9. The first-order valence-corrected chi connectivity index (χ1v) is 12.7. The summed E-state index contributed by atoms with van der Waals surface area (Å²) in [5.74, 6) is 1.02. The second kappa shape index (κ2) is 10.5. The van der Waals surface area contributed by atoms with Gasteiger partial charge >= 0.3 is 0 Å². The van der Waals surface area contributed by atoms with Crippen LogP contribution in [0.3, 0.4) is 0 Å². The van der Waals surface area contributed by atoms with E-state index in [9.17, 15) is 9.59 Å². The largest absolute Gasteiger partial charge is 0.342 e. The van der Waals surface area contributed by atoms with E-state index in [1.807, 2.05) is 35.5 Å². The molecule has 2 fully saturated rings. The maximum atomic E-state index is 13.1. The molecule has 2 heterocycles. The number of rotatable bonds is 7. The van der Waals surface area contributed by atoms with Crippen molar-refractivity contribution in [1.29, 1.82) is 0 Å². The Morgan fingerprint density at radius 2 is 1.88 bits per heavy atom. The van der Waals surface area contributed by atoms with Gasteiger partial charge in [0.1, 0.15) is 0 Å². The maximum Gasteiger partial charge on any atom is 0.246 e.